The van der Waals surface area contributed by atoms with Crippen LogP contribution in [0.2, 0.25) is 0 Å². The summed E-state index contributed by atoms with van der Waals surface area (Å²) in [6.45, 7) is 3.64. The van der Waals surface area contributed by atoms with Gasteiger partial charge in [0.05, 0.1) is 13.2 Å². The lowest BCUT2D eigenvalue weighted by Crippen LogP contribution is -2.29. The quantitative estimate of drug-likeness (QED) is 0.0271. The maximum atomic E-state index is 12.5. The second kappa shape index (κ2) is 39.7. The normalized spacial score (nSPS) is 13.8. The smallest absolute Gasteiger partial charge is 0.462 e. The number of rotatable bonds is 39. The maximum absolute atomic E-state index is 12.5. The molecule has 53 heavy (non-hydrogen) atoms. The third-order valence-corrected chi connectivity index (χ3v) is 9.70. The number of allylic oxidation sites excluding steroid dienone is 8. The fraction of sp³-hybridized carbons (Fsp3) is 0.767. The van der Waals surface area contributed by atoms with E-state index in [4.69, 9.17) is 24.3 Å². The van der Waals surface area contributed by atoms with Gasteiger partial charge in [-0.2, -0.15) is 0 Å². The van der Waals surface area contributed by atoms with Crippen LogP contribution in [0, 0.1) is 0 Å². The van der Waals surface area contributed by atoms with E-state index in [1.54, 1.807) is 0 Å². The minimum absolute atomic E-state index is 0.0443. The zero-order chi connectivity index (χ0) is 38.9. The van der Waals surface area contributed by atoms with E-state index in [9.17, 15) is 19.0 Å². The lowest BCUT2D eigenvalue weighted by Gasteiger charge is -2.19. The van der Waals surface area contributed by atoms with Crippen LogP contribution in [-0.2, 0) is 32.7 Å². The third-order valence-electron chi connectivity index (χ3n) is 8.72. The average molecular weight is 768 g/mol. The first kappa shape index (κ1) is 51.0. The molecule has 2 atom stereocenters. The Morgan fingerprint density at radius 3 is 1.51 bits per heavy atom. The maximum Gasteiger partial charge on any atom is 0.472 e. The summed E-state index contributed by atoms with van der Waals surface area (Å²) < 4.78 is 32.7. The predicted octanol–water partition coefficient (Wildman–Crippen LogP) is 11.9. The summed E-state index contributed by atoms with van der Waals surface area (Å²) in [5, 5.41) is 0. The number of carbonyl (C=O) groups is 2. The molecule has 0 aliphatic carbocycles. The molecule has 0 aliphatic heterocycles. The Kier molecular flexibility index (Phi) is 38.1. The Labute approximate surface area is 324 Å². The number of unbranched alkanes of at least 4 members (excludes halogenated alkanes) is 18. The van der Waals surface area contributed by atoms with Crippen molar-refractivity contribution in [1.29, 1.82) is 0 Å². The standard InChI is InChI=1S/C43H78NO8P/c1-3-5-7-9-11-13-15-17-19-20-22-24-26-28-30-32-34-36-43(46)52-41(40-51-53(47,48)50-38-37-44)39-49-42(45)35-33-31-29-27-25-23-21-18-16-14-12-10-8-6-4-2/h11,13,17,19,22,24,28,30,41H,3-10,12,14-16,18,20-21,23,25-27,29,31-40,44H2,1-2H3,(H,47,48)/b13-11+,19-17-,24-22+,30-28+/t41-/m1/s1. The van der Waals surface area contributed by atoms with Crippen LogP contribution < -0.4 is 5.73 Å². The summed E-state index contributed by atoms with van der Waals surface area (Å²) in [4.78, 5) is 34.8. The number of nitrogens with two attached hydrogens (primary N) is 1. The molecule has 1 unspecified atom stereocenters. The predicted molar refractivity (Wildman–Crippen MR) is 220 cm³/mol. The average Bonchev–Trinajstić information content (AvgIpc) is 3.14. The van der Waals surface area contributed by atoms with Gasteiger partial charge in [-0.25, -0.2) is 4.57 Å². The zero-order valence-electron chi connectivity index (χ0n) is 33.7. The lowest BCUT2D eigenvalue weighted by molar-refractivity contribution is -0.161. The van der Waals surface area contributed by atoms with Gasteiger partial charge >= 0.3 is 19.8 Å². The van der Waals surface area contributed by atoms with Crippen LogP contribution in [0.3, 0.4) is 0 Å². The molecule has 0 saturated carbocycles. The zero-order valence-corrected chi connectivity index (χ0v) is 34.6. The molecule has 0 aromatic rings. The molecule has 9 nitrogen and oxygen atoms in total. The lowest BCUT2D eigenvalue weighted by atomic mass is 10.0. The molecular weight excluding hydrogens is 689 g/mol. The first-order valence-electron chi connectivity index (χ1n) is 21.1. The van der Waals surface area contributed by atoms with E-state index in [1.807, 2.05) is 6.08 Å². The largest absolute Gasteiger partial charge is 0.472 e. The molecule has 0 aromatic carbocycles. The van der Waals surface area contributed by atoms with Crippen LogP contribution in [0.15, 0.2) is 48.6 Å². The van der Waals surface area contributed by atoms with Crippen molar-refractivity contribution in [2.75, 3.05) is 26.4 Å². The van der Waals surface area contributed by atoms with Crippen LogP contribution in [0.4, 0.5) is 0 Å². The minimum Gasteiger partial charge on any atom is -0.462 e. The fourth-order valence-corrected chi connectivity index (χ4v) is 6.33. The molecular formula is C43H78NO8P. The van der Waals surface area contributed by atoms with Gasteiger partial charge in [-0.05, 0) is 51.4 Å². The van der Waals surface area contributed by atoms with Gasteiger partial charge < -0.3 is 20.1 Å². The summed E-state index contributed by atoms with van der Waals surface area (Å²) in [6.07, 6.45) is 44.3. The van der Waals surface area contributed by atoms with Gasteiger partial charge in [-0.15, -0.1) is 0 Å². The van der Waals surface area contributed by atoms with Gasteiger partial charge in [-0.3, -0.25) is 18.6 Å². The molecule has 0 rings (SSSR count). The Hall–Kier alpha value is -2.03. The highest BCUT2D eigenvalue weighted by Gasteiger charge is 2.25. The van der Waals surface area contributed by atoms with Crippen molar-refractivity contribution in [2.45, 2.75) is 187 Å². The molecule has 308 valence electrons. The highest BCUT2D eigenvalue weighted by Crippen LogP contribution is 2.43. The Morgan fingerprint density at radius 2 is 1.00 bits per heavy atom. The van der Waals surface area contributed by atoms with Crippen molar-refractivity contribution in [2.24, 2.45) is 5.73 Å². The topological polar surface area (TPSA) is 134 Å². The molecule has 10 heteroatoms. The van der Waals surface area contributed by atoms with Crippen LogP contribution in [0.25, 0.3) is 0 Å². The minimum atomic E-state index is -4.39. The third kappa shape index (κ3) is 39.5. The van der Waals surface area contributed by atoms with Crippen molar-refractivity contribution >= 4 is 19.8 Å². The highest BCUT2D eigenvalue weighted by atomic mass is 31.2. The van der Waals surface area contributed by atoms with Gasteiger partial charge in [-0.1, -0.05) is 165 Å². The second-order valence-corrected chi connectivity index (χ2v) is 15.3. The second-order valence-electron chi connectivity index (χ2n) is 13.9. The van der Waals surface area contributed by atoms with Crippen molar-refractivity contribution in [3.8, 4) is 0 Å². The van der Waals surface area contributed by atoms with E-state index >= 15 is 0 Å². The number of carbonyl (C=O) groups excluding carboxylic acids is 2. The van der Waals surface area contributed by atoms with Crippen LogP contribution in [0.1, 0.15) is 181 Å². The SMILES string of the molecule is CCCCC/C=C/C/C=C\C/C=C/C/C=C/CCCC(=O)O[C@H](COC(=O)CCCCCCCCCCCCCCCCC)COP(=O)(O)OCCN. The number of phosphoric ester groups is 1. The number of ether oxygens (including phenoxy) is 2. The molecule has 0 aromatic heterocycles. The molecule has 3 N–H and O–H groups in total. The van der Waals surface area contributed by atoms with E-state index < -0.39 is 32.5 Å². The monoisotopic (exact) mass is 768 g/mol. The van der Waals surface area contributed by atoms with E-state index in [-0.39, 0.29) is 32.6 Å². The summed E-state index contributed by atoms with van der Waals surface area (Å²) in [6, 6.07) is 0. The van der Waals surface area contributed by atoms with Crippen LogP contribution in [0.5, 0.6) is 0 Å². The molecule has 0 amide bonds. The van der Waals surface area contributed by atoms with Crippen molar-refractivity contribution in [3.05, 3.63) is 48.6 Å². The van der Waals surface area contributed by atoms with Gasteiger partial charge in [0.2, 0.25) is 0 Å². The van der Waals surface area contributed by atoms with Crippen LogP contribution in [-0.4, -0.2) is 49.3 Å². The number of esters is 2. The molecule has 0 fully saturated rings. The number of phosphoric acid groups is 1. The Bertz CT molecular complexity index is 1010. The summed E-state index contributed by atoms with van der Waals surface area (Å²) in [5.41, 5.74) is 5.34. The first-order valence-corrected chi connectivity index (χ1v) is 22.6. The van der Waals surface area contributed by atoms with Gasteiger partial charge in [0.1, 0.15) is 6.61 Å². The molecule has 0 spiro atoms. The number of hydrogen-bond acceptors (Lipinski definition) is 8. The fourth-order valence-electron chi connectivity index (χ4n) is 5.57. The summed E-state index contributed by atoms with van der Waals surface area (Å²) in [7, 11) is -4.39. The van der Waals surface area contributed by atoms with Crippen LogP contribution >= 0.6 is 7.82 Å². The summed E-state index contributed by atoms with van der Waals surface area (Å²) in [5.74, 6) is -0.892. The van der Waals surface area contributed by atoms with Gasteiger partial charge in [0.15, 0.2) is 6.10 Å². The Balaban J connectivity index is 4.26. The summed E-state index contributed by atoms with van der Waals surface area (Å²) >= 11 is 0. The van der Waals surface area contributed by atoms with Crippen molar-refractivity contribution < 1.29 is 37.6 Å². The molecule has 0 bridgehead atoms. The van der Waals surface area contributed by atoms with E-state index in [2.05, 4.69) is 56.4 Å². The van der Waals surface area contributed by atoms with Crippen molar-refractivity contribution in [3.63, 3.8) is 0 Å². The molecule has 0 radical (unpaired) electrons. The highest BCUT2D eigenvalue weighted by molar-refractivity contribution is 7.47. The van der Waals surface area contributed by atoms with Gasteiger partial charge in [0, 0.05) is 19.4 Å². The molecule has 0 aliphatic rings. The first-order chi connectivity index (χ1) is 25.8. The van der Waals surface area contributed by atoms with E-state index in [0.29, 0.717) is 12.8 Å². The van der Waals surface area contributed by atoms with Crippen molar-refractivity contribution in [1.82, 2.24) is 0 Å². The Morgan fingerprint density at radius 1 is 0.566 bits per heavy atom. The van der Waals surface area contributed by atoms with E-state index in [0.717, 1.165) is 38.5 Å². The number of hydrogen-bond donors (Lipinski definition) is 2. The van der Waals surface area contributed by atoms with E-state index in [1.165, 1.54) is 103 Å². The molecule has 0 saturated heterocycles. The van der Waals surface area contributed by atoms with Gasteiger partial charge in [0.25, 0.3) is 0 Å². The molecule has 0 heterocycles.